The largest absolute Gasteiger partial charge is 0.454 e. The highest BCUT2D eigenvalue weighted by molar-refractivity contribution is 5.93. The van der Waals surface area contributed by atoms with Crippen LogP contribution in [0.5, 0.6) is 0 Å². The molecule has 0 aromatic heterocycles. The van der Waals surface area contributed by atoms with E-state index < -0.39 is 0 Å². The summed E-state index contributed by atoms with van der Waals surface area (Å²) in [5.74, 6) is -0.181. The average molecular weight is 233 g/mol. The Morgan fingerprint density at radius 2 is 2.06 bits per heavy atom. The Morgan fingerprint density at radius 1 is 1.35 bits per heavy atom. The van der Waals surface area contributed by atoms with Gasteiger partial charge in [0.2, 0.25) is 0 Å². The van der Waals surface area contributed by atoms with E-state index in [0.29, 0.717) is 6.04 Å². The van der Waals surface area contributed by atoms with Gasteiger partial charge in [-0.05, 0) is 26.6 Å². The van der Waals surface area contributed by atoms with Crippen molar-refractivity contribution in [1.29, 1.82) is 0 Å². The van der Waals surface area contributed by atoms with Crippen LogP contribution in [0.4, 0.5) is 0 Å². The van der Waals surface area contributed by atoms with Gasteiger partial charge in [-0.2, -0.15) is 0 Å². The van der Waals surface area contributed by atoms with Gasteiger partial charge in [-0.1, -0.05) is 25.1 Å². The number of benzene rings is 1. The van der Waals surface area contributed by atoms with Crippen molar-refractivity contribution in [2.45, 2.75) is 31.9 Å². The summed E-state index contributed by atoms with van der Waals surface area (Å²) in [4.78, 5) is 13.9. The number of hydrogen-bond donors (Lipinski definition) is 0. The number of nitrogens with zero attached hydrogens (tertiary/aromatic N) is 1. The summed E-state index contributed by atoms with van der Waals surface area (Å²) in [5, 5.41) is 0. The highest BCUT2D eigenvalue weighted by atomic mass is 16.5. The fourth-order valence-corrected chi connectivity index (χ4v) is 2.38. The maximum absolute atomic E-state index is 11.7. The van der Waals surface area contributed by atoms with Crippen LogP contribution < -0.4 is 0 Å². The Balaban J connectivity index is 2.17. The molecule has 92 valence electrons. The molecule has 0 aliphatic carbocycles. The molecule has 0 saturated heterocycles. The van der Waals surface area contributed by atoms with Gasteiger partial charge in [0, 0.05) is 18.0 Å². The topological polar surface area (TPSA) is 29.5 Å². The molecular weight excluding hydrogens is 214 g/mol. The number of fused-ring (bicyclic) bond motifs is 1. The number of ether oxygens (including phenoxy) is 1. The molecule has 0 saturated carbocycles. The summed E-state index contributed by atoms with van der Waals surface area (Å²) < 4.78 is 5.45. The molecule has 3 heteroatoms. The van der Waals surface area contributed by atoms with Gasteiger partial charge in [-0.3, -0.25) is 0 Å². The molecule has 0 bridgehead atoms. The number of hydrogen-bond acceptors (Lipinski definition) is 3. The number of esters is 1. The van der Waals surface area contributed by atoms with Crippen molar-refractivity contribution in [3.8, 4) is 0 Å². The Morgan fingerprint density at radius 3 is 2.71 bits per heavy atom. The van der Waals surface area contributed by atoms with Crippen LogP contribution in [0.25, 0.3) is 0 Å². The normalized spacial score (nSPS) is 20.2. The van der Waals surface area contributed by atoms with Gasteiger partial charge in [0.1, 0.15) is 6.10 Å². The smallest absolute Gasteiger partial charge is 0.339 e. The lowest BCUT2D eigenvalue weighted by Crippen LogP contribution is -2.29. The van der Waals surface area contributed by atoms with E-state index in [4.69, 9.17) is 4.74 Å². The molecule has 2 unspecified atom stereocenters. The highest BCUT2D eigenvalue weighted by Gasteiger charge is 2.32. The fraction of sp³-hybridized carbons (Fsp3) is 0.500. The molecule has 1 heterocycles. The Bertz CT molecular complexity index is 414. The minimum absolute atomic E-state index is 0.0777. The molecule has 1 aliphatic rings. The third-order valence-electron chi connectivity index (χ3n) is 3.46. The Hall–Kier alpha value is -1.35. The lowest BCUT2D eigenvalue weighted by atomic mass is 9.98. The van der Waals surface area contributed by atoms with Gasteiger partial charge in [-0.15, -0.1) is 0 Å². The molecule has 0 fully saturated rings. The van der Waals surface area contributed by atoms with Gasteiger partial charge in [0.25, 0.3) is 0 Å². The molecule has 17 heavy (non-hydrogen) atoms. The lowest BCUT2D eigenvalue weighted by molar-refractivity contribution is 0.0310. The van der Waals surface area contributed by atoms with Crippen LogP contribution in [-0.2, 0) is 4.74 Å². The van der Waals surface area contributed by atoms with E-state index in [-0.39, 0.29) is 12.1 Å². The van der Waals surface area contributed by atoms with E-state index in [1.807, 2.05) is 24.3 Å². The van der Waals surface area contributed by atoms with Crippen molar-refractivity contribution in [2.75, 3.05) is 14.1 Å². The second kappa shape index (κ2) is 4.88. The maximum atomic E-state index is 11.7. The van der Waals surface area contributed by atoms with Gasteiger partial charge >= 0.3 is 5.97 Å². The van der Waals surface area contributed by atoms with Crippen LogP contribution in [-0.4, -0.2) is 31.0 Å². The molecule has 1 aliphatic heterocycles. The quantitative estimate of drug-likeness (QED) is 0.749. The second-order valence-corrected chi connectivity index (χ2v) is 4.74. The highest BCUT2D eigenvalue weighted by Crippen LogP contribution is 2.34. The molecule has 1 aromatic carbocycles. The number of carbonyl (C=O) groups is 1. The second-order valence-electron chi connectivity index (χ2n) is 4.74. The number of carbonyl (C=O) groups excluding carboxylic acids is 1. The fourth-order valence-electron chi connectivity index (χ4n) is 2.38. The van der Waals surface area contributed by atoms with E-state index in [9.17, 15) is 4.79 Å². The van der Waals surface area contributed by atoms with Crippen molar-refractivity contribution in [3.63, 3.8) is 0 Å². The first-order chi connectivity index (χ1) is 8.13. The molecule has 0 amide bonds. The van der Waals surface area contributed by atoms with E-state index >= 15 is 0 Å². The Labute approximate surface area is 102 Å². The van der Waals surface area contributed by atoms with Gasteiger partial charge < -0.3 is 9.64 Å². The van der Waals surface area contributed by atoms with Crippen LogP contribution in [0.3, 0.4) is 0 Å². The summed E-state index contributed by atoms with van der Waals surface area (Å²) in [6.07, 6.45) is 1.85. The summed E-state index contributed by atoms with van der Waals surface area (Å²) in [6.45, 7) is 2.16. The SMILES string of the molecule is CCC(CC1OC(=O)c2ccccc21)N(C)C. The van der Waals surface area contributed by atoms with E-state index in [0.717, 1.165) is 24.0 Å². The summed E-state index contributed by atoms with van der Waals surface area (Å²) in [7, 11) is 4.13. The van der Waals surface area contributed by atoms with Crippen molar-refractivity contribution in [1.82, 2.24) is 4.90 Å². The zero-order valence-corrected chi connectivity index (χ0v) is 10.6. The zero-order chi connectivity index (χ0) is 12.4. The molecular formula is C14H19NO2. The van der Waals surface area contributed by atoms with Gasteiger partial charge in [0.15, 0.2) is 0 Å². The number of cyclic esters (lactones) is 1. The first kappa shape index (κ1) is 12.1. The van der Waals surface area contributed by atoms with Crippen LogP contribution in [0.15, 0.2) is 24.3 Å². The maximum Gasteiger partial charge on any atom is 0.339 e. The van der Waals surface area contributed by atoms with Crippen molar-refractivity contribution in [3.05, 3.63) is 35.4 Å². The molecule has 1 aromatic rings. The monoisotopic (exact) mass is 233 g/mol. The standard InChI is InChI=1S/C14H19NO2/c1-4-10(15(2)3)9-13-11-7-5-6-8-12(11)14(16)17-13/h5-8,10,13H,4,9H2,1-3H3. The van der Waals surface area contributed by atoms with Crippen molar-refractivity contribution < 1.29 is 9.53 Å². The van der Waals surface area contributed by atoms with Crippen molar-refractivity contribution in [2.24, 2.45) is 0 Å². The predicted octanol–water partition coefficient (Wildman–Crippen LogP) is 2.63. The first-order valence-corrected chi connectivity index (χ1v) is 6.09. The molecule has 2 atom stereocenters. The lowest BCUT2D eigenvalue weighted by Gasteiger charge is -2.25. The first-order valence-electron chi connectivity index (χ1n) is 6.09. The van der Waals surface area contributed by atoms with Crippen LogP contribution in [0.1, 0.15) is 41.8 Å². The summed E-state index contributed by atoms with van der Waals surface area (Å²) in [5.41, 5.74) is 1.77. The van der Waals surface area contributed by atoms with E-state index in [2.05, 4.69) is 25.9 Å². The summed E-state index contributed by atoms with van der Waals surface area (Å²) in [6, 6.07) is 8.12. The third kappa shape index (κ3) is 2.34. The van der Waals surface area contributed by atoms with Crippen LogP contribution in [0.2, 0.25) is 0 Å². The van der Waals surface area contributed by atoms with Gasteiger partial charge in [0.05, 0.1) is 5.56 Å². The minimum Gasteiger partial charge on any atom is -0.454 e. The summed E-state index contributed by atoms with van der Waals surface area (Å²) >= 11 is 0. The van der Waals surface area contributed by atoms with Crippen LogP contribution in [0, 0.1) is 0 Å². The third-order valence-corrected chi connectivity index (χ3v) is 3.46. The molecule has 3 nitrogen and oxygen atoms in total. The zero-order valence-electron chi connectivity index (χ0n) is 10.6. The molecule has 2 rings (SSSR count). The van der Waals surface area contributed by atoms with E-state index in [1.54, 1.807) is 0 Å². The molecule has 0 N–H and O–H groups in total. The minimum atomic E-state index is -0.181. The number of rotatable bonds is 4. The van der Waals surface area contributed by atoms with E-state index in [1.165, 1.54) is 0 Å². The van der Waals surface area contributed by atoms with Crippen molar-refractivity contribution >= 4 is 5.97 Å². The predicted molar refractivity (Wildman–Crippen MR) is 67.0 cm³/mol. The Kier molecular flexibility index (Phi) is 3.48. The van der Waals surface area contributed by atoms with Gasteiger partial charge in [-0.25, -0.2) is 4.79 Å². The van der Waals surface area contributed by atoms with Crippen LogP contribution >= 0.6 is 0 Å². The molecule has 0 spiro atoms. The average Bonchev–Trinajstić information content (AvgIpc) is 2.63. The molecule has 0 radical (unpaired) electrons.